The van der Waals surface area contributed by atoms with Crippen LogP contribution in [0.15, 0.2) is 24.3 Å². The molecule has 1 aromatic carbocycles. The highest BCUT2D eigenvalue weighted by atomic mass is 19.1. The van der Waals surface area contributed by atoms with E-state index in [2.05, 4.69) is 5.43 Å². The first-order valence-corrected chi connectivity index (χ1v) is 5.45. The molecule has 3 nitrogen and oxygen atoms in total. The smallest absolute Gasteiger partial charge is 0.126 e. The van der Waals surface area contributed by atoms with Gasteiger partial charge in [-0.15, -0.1) is 0 Å². The van der Waals surface area contributed by atoms with Crippen molar-refractivity contribution in [2.45, 2.75) is 31.9 Å². The van der Waals surface area contributed by atoms with Crippen LogP contribution >= 0.6 is 0 Å². The average Bonchev–Trinajstić information content (AvgIpc) is 2.31. The summed E-state index contributed by atoms with van der Waals surface area (Å²) in [7, 11) is 1.64. The number of hydrogen-bond acceptors (Lipinski definition) is 3. The molecule has 2 atom stereocenters. The summed E-state index contributed by atoms with van der Waals surface area (Å²) in [5, 5.41) is 0. The Morgan fingerprint density at radius 1 is 1.44 bits per heavy atom. The molecule has 0 amide bonds. The second-order valence-corrected chi connectivity index (χ2v) is 3.75. The topological polar surface area (TPSA) is 47.3 Å². The summed E-state index contributed by atoms with van der Waals surface area (Å²) >= 11 is 0. The Kier molecular flexibility index (Phi) is 5.38. The van der Waals surface area contributed by atoms with Crippen LogP contribution in [0.5, 0.6) is 0 Å². The third-order valence-electron chi connectivity index (χ3n) is 2.77. The molecule has 0 spiro atoms. The van der Waals surface area contributed by atoms with Crippen LogP contribution in [0.2, 0.25) is 0 Å². The predicted molar refractivity (Wildman–Crippen MR) is 62.3 cm³/mol. The number of ether oxygens (including phenoxy) is 1. The van der Waals surface area contributed by atoms with E-state index in [4.69, 9.17) is 10.6 Å². The molecule has 0 aromatic heterocycles. The Bertz CT molecular complexity index is 316. The van der Waals surface area contributed by atoms with Gasteiger partial charge >= 0.3 is 0 Å². The number of hydrogen-bond donors (Lipinski definition) is 2. The van der Waals surface area contributed by atoms with Gasteiger partial charge in [-0.25, -0.2) is 4.39 Å². The van der Waals surface area contributed by atoms with Gasteiger partial charge in [-0.3, -0.25) is 11.3 Å². The van der Waals surface area contributed by atoms with Crippen LogP contribution in [0.3, 0.4) is 0 Å². The molecule has 0 saturated heterocycles. The lowest BCUT2D eigenvalue weighted by atomic mass is 10.00. The number of nitrogens with two attached hydrogens (primary N) is 1. The molecular weight excluding hydrogens is 207 g/mol. The fraction of sp³-hybridized carbons (Fsp3) is 0.500. The van der Waals surface area contributed by atoms with Gasteiger partial charge in [0.15, 0.2) is 0 Å². The number of nitrogens with one attached hydrogen (secondary N) is 1. The highest BCUT2D eigenvalue weighted by molar-refractivity contribution is 5.18. The van der Waals surface area contributed by atoms with Gasteiger partial charge in [0.05, 0.1) is 12.1 Å². The molecule has 0 bridgehead atoms. The van der Waals surface area contributed by atoms with Crippen molar-refractivity contribution < 1.29 is 9.13 Å². The maximum atomic E-state index is 13.4. The normalized spacial score (nSPS) is 14.8. The van der Waals surface area contributed by atoms with E-state index in [0.29, 0.717) is 12.0 Å². The quantitative estimate of drug-likeness (QED) is 0.572. The Morgan fingerprint density at radius 3 is 2.62 bits per heavy atom. The van der Waals surface area contributed by atoms with Gasteiger partial charge < -0.3 is 4.74 Å². The van der Waals surface area contributed by atoms with E-state index < -0.39 is 0 Å². The maximum absolute atomic E-state index is 13.4. The molecule has 1 aromatic rings. The lowest BCUT2D eigenvalue weighted by Crippen LogP contribution is -2.46. The first kappa shape index (κ1) is 13.1. The zero-order valence-corrected chi connectivity index (χ0v) is 9.74. The molecule has 3 N–H and O–H groups in total. The molecular formula is C12H19FN2O. The van der Waals surface area contributed by atoms with Crippen LogP contribution in [0.4, 0.5) is 4.39 Å². The maximum Gasteiger partial charge on any atom is 0.126 e. The van der Waals surface area contributed by atoms with E-state index in [1.807, 2.05) is 13.0 Å². The van der Waals surface area contributed by atoms with Crippen LogP contribution < -0.4 is 11.3 Å². The van der Waals surface area contributed by atoms with Crippen molar-refractivity contribution in [1.82, 2.24) is 5.43 Å². The minimum Gasteiger partial charge on any atom is -0.380 e. The summed E-state index contributed by atoms with van der Waals surface area (Å²) in [4.78, 5) is 0. The Balaban J connectivity index is 2.73. The minimum absolute atomic E-state index is 0.00962. The van der Waals surface area contributed by atoms with Gasteiger partial charge in [0.2, 0.25) is 0 Å². The van der Waals surface area contributed by atoms with E-state index in [1.54, 1.807) is 19.2 Å². The molecule has 0 aliphatic carbocycles. The van der Waals surface area contributed by atoms with Gasteiger partial charge in [0.25, 0.3) is 0 Å². The fourth-order valence-electron chi connectivity index (χ4n) is 1.81. The minimum atomic E-state index is -0.200. The van der Waals surface area contributed by atoms with Crippen molar-refractivity contribution in [3.63, 3.8) is 0 Å². The molecule has 0 fully saturated rings. The monoisotopic (exact) mass is 226 g/mol. The van der Waals surface area contributed by atoms with Crippen LogP contribution in [0, 0.1) is 5.82 Å². The van der Waals surface area contributed by atoms with Gasteiger partial charge in [-0.05, 0) is 24.5 Å². The Hall–Kier alpha value is -0.970. The van der Waals surface area contributed by atoms with Crippen molar-refractivity contribution in [2.24, 2.45) is 5.84 Å². The number of hydrazine groups is 1. The summed E-state index contributed by atoms with van der Waals surface area (Å²) in [5.41, 5.74) is 3.34. The molecule has 2 unspecified atom stereocenters. The number of halogens is 1. The van der Waals surface area contributed by atoms with Crippen LogP contribution in [0.25, 0.3) is 0 Å². The summed E-state index contributed by atoms with van der Waals surface area (Å²) in [5.74, 6) is 5.27. The van der Waals surface area contributed by atoms with Gasteiger partial charge in [0.1, 0.15) is 5.82 Å². The van der Waals surface area contributed by atoms with Crippen molar-refractivity contribution in [3.05, 3.63) is 35.6 Å². The third-order valence-corrected chi connectivity index (χ3v) is 2.77. The van der Waals surface area contributed by atoms with Crippen molar-refractivity contribution in [3.8, 4) is 0 Å². The summed E-state index contributed by atoms with van der Waals surface area (Å²) in [6.07, 6.45) is 1.35. The summed E-state index contributed by atoms with van der Waals surface area (Å²) in [6.45, 7) is 2.01. The number of benzene rings is 1. The van der Waals surface area contributed by atoms with Crippen LogP contribution in [-0.2, 0) is 11.2 Å². The van der Waals surface area contributed by atoms with Crippen molar-refractivity contribution in [1.29, 1.82) is 0 Å². The molecule has 0 aliphatic heterocycles. The average molecular weight is 226 g/mol. The highest BCUT2D eigenvalue weighted by Gasteiger charge is 2.19. The van der Waals surface area contributed by atoms with E-state index in [9.17, 15) is 4.39 Å². The van der Waals surface area contributed by atoms with E-state index >= 15 is 0 Å². The largest absolute Gasteiger partial charge is 0.380 e. The zero-order valence-electron chi connectivity index (χ0n) is 9.74. The Labute approximate surface area is 95.8 Å². The molecule has 16 heavy (non-hydrogen) atoms. The lowest BCUT2D eigenvalue weighted by Gasteiger charge is -2.24. The SMILES string of the molecule is CCC(OC)C(Cc1ccccc1F)NN. The predicted octanol–water partition coefficient (Wildman–Crippen LogP) is 1.63. The first-order valence-electron chi connectivity index (χ1n) is 5.45. The summed E-state index contributed by atoms with van der Waals surface area (Å²) in [6, 6.07) is 6.64. The first-order chi connectivity index (χ1) is 7.72. The molecule has 1 rings (SSSR count). The van der Waals surface area contributed by atoms with Crippen LogP contribution in [-0.4, -0.2) is 19.3 Å². The molecule has 90 valence electrons. The number of methoxy groups -OCH3 is 1. The van der Waals surface area contributed by atoms with E-state index in [1.165, 1.54) is 6.07 Å². The standard InChI is InChI=1S/C12H19FN2O/c1-3-12(16-2)11(15-14)8-9-6-4-5-7-10(9)13/h4-7,11-12,15H,3,8,14H2,1-2H3. The van der Waals surface area contributed by atoms with Crippen molar-refractivity contribution >= 4 is 0 Å². The molecule has 0 radical (unpaired) electrons. The lowest BCUT2D eigenvalue weighted by molar-refractivity contribution is 0.0651. The van der Waals surface area contributed by atoms with Gasteiger partial charge in [-0.2, -0.15) is 0 Å². The van der Waals surface area contributed by atoms with Crippen LogP contribution in [0.1, 0.15) is 18.9 Å². The second-order valence-electron chi connectivity index (χ2n) is 3.75. The highest BCUT2D eigenvalue weighted by Crippen LogP contribution is 2.13. The van der Waals surface area contributed by atoms with Gasteiger partial charge in [0, 0.05) is 7.11 Å². The second kappa shape index (κ2) is 6.58. The molecule has 0 aliphatic rings. The molecule has 0 saturated carbocycles. The van der Waals surface area contributed by atoms with Crippen molar-refractivity contribution in [2.75, 3.05) is 7.11 Å². The zero-order chi connectivity index (χ0) is 12.0. The summed E-state index contributed by atoms with van der Waals surface area (Å²) < 4.78 is 18.7. The molecule has 0 heterocycles. The van der Waals surface area contributed by atoms with E-state index in [-0.39, 0.29) is 18.0 Å². The van der Waals surface area contributed by atoms with E-state index in [0.717, 1.165) is 6.42 Å². The van der Waals surface area contributed by atoms with Gasteiger partial charge in [-0.1, -0.05) is 25.1 Å². The number of rotatable bonds is 6. The Morgan fingerprint density at radius 2 is 2.12 bits per heavy atom. The fourth-order valence-corrected chi connectivity index (χ4v) is 1.81. The third kappa shape index (κ3) is 3.27. The molecule has 4 heteroatoms.